The molecular formula is C6H13NO3P+. The highest BCUT2D eigenvalue weighted by Crippen LogP contribution is 2.21. The van der Waals surface area contributed by atoms with Gasteiger partial charge in [-0.1, -0.05) is 13.8 Å². The topological polar surface area (TPSA) is 59.3 Å². The average Bonchev–Trinajstić information content (AvgIpc) is 2.08. The third-order valence-corrected chi connectivity index (χ3v) is 1.25. The van der Waals surface area contributed by atoms with Crippen LogP contribution in [0.1, 0.15) is 20.3 Å². The molecule has 0 aliphatic heterocycles. The molecule has 4 nitrogen and oxygen atoms in total. The summed E-state index contributed by atoms with van der Waals surface area (Å²) < 4.78 is 19.1. The van der Waals surface area contributed by atoms with E-state index in [1.165, 1.54) is 7.11 Å². The first-order chi connectivity index (χ1) is 5.31. The minimum atomic E-state index is -1.99. The molecule has 0 aliphatic rings. The Morgan fingerprint density at radius 2 is 2.09 bits per heavy atom. The van der Waals surface area contributed by atoms with Gasteiger partial charge >= 0.3 is 8.25 Å². The minimum Gasteiger partial charge on any atom is -0.198 e. The lowest BCUT2D eigenvalue weighted by molar-refractivity contribution is 0.261. The maximum absolute atomic E-state index is 10.3. The summed E-state index contributed by atoms with van der Waals surface area (Å²) in [6, 6.07) is 1.84. The third-order valence-electron chi connectivity index (χ3n) is 0.560. The molecule has 5 heteroatoms. The summed E-state index contributed by atoms with van der Waals surface area (Å²) in [5.74, 6) is 0. The van der Waals surface area contributed by atoms with E-state index in [1.54, 1.807) is 0 Å². The highest BCUT2D eigenvalue weighted by molar-refractivity contribution is 7.33. The molecule has 1 atom stereocenters. The lowest BCUT2D eigenvalue weighted by Crippen LogP contribution is -1.83. The Hall–Kier alpha value is -0.490. The van der Waals surface area contributed by atoms with Gasteiger partial charge in [0.2, 0.25) is 0 Å². The Balaban J connectivity index is 0. The highest BCUT2D eigenvalue weighted by Gasteiger charge is 2.15. The van der Waals surface area contributed by atoms with E-state index >= 15 is 0 Å². The second-order valence-corrected chi connectivity index (χ2v) is 2.22. The Morgan fingerprint density at radius 1 is 1.55 bits per heavy atom. The van der Waals surface area contributed by atoms with Crippen molar-refractivity contribution >= 4 is 8.25 Å². The Kier molecular flexibility index (Phi) is 14.6. The molecule has 0 saturated heterocycles. The summed E-state index contributed by atoms with van der Waals surface area (Å²) in [5.41, 5.74) is 0. The minimum absolute atomic E-state index is 0.166. The van der Waals surface area contributed by atoms with Crippen LogP contribution >= 0.6 is 8.25 Å². The van der Waals surface area contributed by atoms with Crippen molar-refractivity contribution in [2.24, 2.45) is 0 Å². The van der Waals surface area contributed by atoms with Gasteiger partial charge in [-0.15, -0.1) is 9.05 Å². The number of nitrogens with zero attached hydrogens (tertiary/aromatic N) is 1. The van der Waals surface area contributed by atoms with Gasteiger partial charge in [0.15, 0.2) is 0 Å². The van der Waals surface area contributed by atoms with Crippen LogP contribution in [0.5, 0.6) is 0 Å². The molecule has 0 aromatic heterocycles. The fourth-order valence-corrected chi connectivity index (χ4v) is 0.564. The van der Waals surface area contributed by atoms with Gasteiger partial charge in [-0.2, -0.15) is 5.26 Å². The molecule has 0 aliphatic carbocycles. The highest BCUT2D eigenvalue weighted by atomic mass is 31.1. The first kappa shape index (κ1) is 13.1. The molecule has 0 spiro atoms. The van der Waals surface area contributed by atoms with Crippen LogP contribution in [0.25, 0.3) is 0 Å². The summed E-state index contributed by atoms with van der Waals surface area (Å²) in [5, 5.41) is 7.99. The summed E-state index contributed by atoms with van der Waals surface area (Å²) >= 11 is 0. The van der Waals surface area contributed by atoms with Gasteiger partial charge in [-0.3, -0.25) is 0 Å². The number of nitriles is 1. The molecule has 0 fully saturated rings. The van der Waals surface area contributed by atoms with Crippen molar-refractivity contribution in [1.82, 2.24) is 0 Å². The van der Waals surface area contributed by atoms with Crippen LogP contribution in [0.15, 0.2) is 0 Å². The molecule has 0 aromatic rings. The summed E-state index contributed by atoms with van der Waals surface area (Å²) in [4.78, 5) is 0. The van der Waals surface area contributed by atoms with Crippen molar-refractivity contribution in [1.29, 1.82) is 5.26 Å². The van der Waals surface area contributed by atoms with Gasteiger partial charge in [-0.05, 0) is 0 Å². The Bertz CT molecular complexity index is 132. The fraction of sp³-hybridized carbons (Fsp3) is 0.833. The van der Waals surface area contributed by atoms with Crippen LogP contribution < -0.4 is 0 Å². The lowest BCUT2D eigenvalue weighted by Gasteiger charge is -1.79. The molecule has 11 heavy (non-hydrogen) atoms. The van der Waals surface area contributed by atoms with E-state index in [0.717, 1.165) is 0 Å². The number of rotatable bonds is 4. The molecule has 0 heterocycles. The van der Waals surface area contributed by atoms with Gasteiger partial charge in [-0.25, -0.2) is 0 Å². The summed E-state index contributed by atoms with van der Waals surface area (Å²) in [7, 11) is -0.708. The van der Waals surface area contributed by atoms with Gasteiger partial charge in [0.25, 0.3) is 0 Å². The van der Waals surface area contributed by atoms with Crippen LogP contribution in [0.3, 0.4) is 0 Å². The molecule has 0 rings (SSSR count). The van der Waals surface area contributed by atoms with Crippen molar-refractivity contribution < 1.29 is 13.6 Å². The van der Waals surface area contributed by atoms with Crippen LogP contribution in [-0.2, 0) is 13.6 Å². The van der Waals surface area contributed by atoms with E-state index in [0.29, 0.717) is 0 Å². The normalized spacial score (nSPS) is 9.09. The third kappa shape index (κ3) is 12.7. The van der Waals surface area contributed by atoms with E-state index < -0.39 is 8.25 Å². The molecule has 0 amide bonds. The van der Waals surface area contributed by atoms with Crippen molar-refractivity contribution in [3.8, 4) is 6.07 Å². The first-order valence-corrected chi connectivity index (χ1v) is 4.42. The van der Waals surface area contributed by atoms with Crippen molar-refractivity contribution in [3.05, 3.63) is 0 Å². The first-order valence-electron chi connectivity index (χ1n) is 3.32. The SMILES string of the molecule is CC.CO[P+](=O)OCCC#N. The second kappa shape index (κ2) is 12.2. The monoisotopic (exact) mass is 178 g/mol. The summed E-state index contributed by atoms with van der Waals surface area (Å²) in [6.45, 7) is 4.17. The molecule has 0 radical (unpaired) electrons. The van der Waals surface area contributed by atoms with Gasteiger partial charge in [0, 0.05) is 4.57 Å². The van der Waals surface area contributed by atoms with Crippen LogP contribution in [0.4, 0.5) is 0 Å². The van der Waals surface area contributed by atoms with E-state index in [-0.39, 0.29) is 13.0 Å². The predicted molar refractivity (Wildman–Crippen MR) is 42.1 cm³/mol. The summed E-state index contributed by atoms with van der Waals surface area (Å²) in [6.07, 6.45) is 0.241. The van der Waals surface area contributed by atoms with Crippen LogP contribution in [-0.4, -0.2) is 13.7 Å². The molecular weight excluding hydrogens is 165 g/mol. The zero-order valence-electron chi connectivity index (χ0n) is 7.03. The standard InChI is InChI=1S/C4H7NO3P.C2H6/c1-7-9(6)8-4-2-3-5;1-2/h2,4H2,1H3;1-2H3/q+1;. The van der Waals surface area contributed by atoms with Crippen molar-refractivity contribution in [2.45, 2.75) is 20.3 Å². The predicted octanol–water partition coefficient (Wildman–Crippen LogP) is 2.25. The van der Waals surface area contributed by atoms with Crippen molar-refractivity contribution in [3.63, 3.8) is 0 Å². The molecule has 0 N–H and O–H groups in total. The average molecular weight is 178 g/mol. The lowest BCUT2D eigenvalue weighted by atomic mass is 10.5. The molecule has 0 aromatic carbocycles. The second-order valence-electron chi connectivity index (χ2n) is 1.15. The van der Waals surface area contributed by atoms with E-state index in [2.05, 4.69) is 9.05 Å². The molecule has 1 unspecified atom stereocenters. The van der Waals surface area contributed by atoms with E-state index in [9.17, 15) is 4.57 Å². The fourth-order valence-electron chi connectivity index (χ4n) is 0.219. The van der Waals surface area contributed by atoms with Gasteiger partial charge in [0.05, 0.1) is 19.6 Å². The number of hydrogen-bond acceptors (Lipinski definition) is 4. The maximum Gasteiger partial charge on any atom is 0.697 e. The largest absolute Gasteiger partial charge is 0.697 e. The van der Waals surface area contributed by atoms with E-state index in [1.807, 2.05) is 19.9 Å². The van der Waals surface area contributed by atoms with Crippen LogP contribution in [0, 0.1) is 11.3 Å². The zero-order valence-corrected chi connectivity index (χ0v) is 7.93. The van der Waals surface area contributed by atoms with Gasteiger partial charge in [0.1, 0.15) is 6.61 Å². The number of hydrogen-bond donors (Lipinski definition) is 0. The molecule has 0 bridgehead atoms. The molecule has 0 saturated carbocycles. The molecule has 64 valence electrons. The zero-order chi connectivity index (χ0) is 9.11. The van der Waals surface area contributed by atoms with Crippen LogP contribution in [0.2, 0.25) is 0 Å². The van der Waals surface area contributed by atoms with Crippen molar-refractivity contribution in [2.75, 3.05) is 13.7 Å². The smallest absolute Gasteiger partial charge is 0.198 e. The van der Waals surface area contributed by atoms with E-state index in [4.69, 9.17) is 5.26 Å². The Morgan fingerprint density at radius 3 is 2.45 bits per heavy atom. The maximum atomic E-state index is 10.3. The quantitative estimate of drug-likeness (QED) is 0.489. The van der Waals surface area contributed by atoms with Gasteiger partial charge < -0.3 is 0 Å². The Labute approximate surface area is 68.1 Å².